The second kappa shape index (κ2) is 22.3. The number of thiophene rings is 2. The molecule has 16 aromatic carbocycles. The quantitative estimate of drug-likeness (QED) is 0.137. The van der Waals surface area contributed by atoms with Crippen molar-refractivity contribution in [2.75, 3.05) is 0 Å². The first kappa shape index (κ1) is 57.1. The number of para-hydroxylation sites is 6. The van der Waals surface area contributed by atoms with Gasteiger partial charge in [-0.05, 0) is 165 Å². The standard InChI is InChI=1S/C96H58N4S2/c1-4-23-60(24-5-1)68-49-53-87(95-92(68)74-33-14-20-41-89(74)101-95)100-82-38-18-11-30-71(82)78-56-63(48-52-85(78)100)76-57-64(58-79-72-31-12-16-36-80(72)98(94(76)79)66-27-8-3-9-28-66)59-43-45-61(46-44-59)69-50-54-88(96-93(69)75-34-15-21-42-90(75)102-96)99-81-37-17-10-29-70(81)77-55-62(47-51-84(77)99)67-35-22-40-86-91(67)73-32-13-19-39-83(73)97(86)65-25-6-2-7-26-65/h1-58H. The average molecular weight is 1330 g/mol. The summed E-state index contributed by atoms with van der Waals surface area (Å²) in [7, 11) is 0. The second-order valence-electron chi connectivity index (χ2n) is 27.0. The van der Waals surface area contributed by atoms with E-state index in [9.17, 15) is 0 Å². The van der Waals surface area contributed by atoms with Crippen LogP contribution in [0.3, 0.4) is 0 Å². The van der Waals surface area contributed by atoms with Crippen molar-refractivity contribution in [3.05, 3.63) is 352 Å². The van der Waals surface area contributed by atoms with Crippen molar-refractivity contribution in [2.24, 2.45) is 0 Å². The zero-order valence-electron chi connectivity index (χ0n) is 55.1. The van der Waals surface area contributed by atoms with Gasteiger partial charge in [0.15, 0.2) is 0 Å². The van der Waals surface area contributed by atoms with E-state index >= 15 is 0 Å². The molecular weight excluding hydrogens is 1270 g/mol. The monoisotopic (exact) mass is 1330 g/mol. The molecule has 0 saturated carbocycles. The number of hydrogen-bond donors (Lipinski definition) is 0. The second-order valence-corrected chi connectivity index (χ2v) is 29.1. The summed E-state index contributed by atoms with van der Waals surface area (Å²) < 4.78 is 15.0. The summed E-state index contributed by atoms with van der Waals surface area (Å²) in [5, 5.41) is 15.0. The Bertz CT molecular complexity index is 7220. The zero-order valence-corrected chi connectivity index (χ0v) is 56.7. The highest BCUT2D eigenvalue weighted by molar-refractivity contribution is 7.26. The molecule has 0 N–H and O–H groups in total. The molecule has 0 saturated heterocycles. The molecular formula is C96H58N4S2. The Morgan fingerprint density at radius 3 is 1.13 bits per heavy atom. The van der Waals surface area contributed by atoms with Crippen molar-refractivity contribution >= 4 is 150 Å². The molecule has 6 aromatic heterocycles. The minimum Gasteiger partial charge on any atom is -0.309 e. The molecule has 0 radical (unpaired) electrons. The molecule has 0 aliphatic carbocycles. The van der Waals surface area contributed by atoms with Crippen molar-refractivity contribution in [1.82, 2.24) is 18.3 Å². The minimum atomic E-state index is 1.13. The van der Waals surface area contributed by atoms with Crippen LogP contribution >= 0.6 is 22.7 Å². The Hall–Kier alpha value is -12.8. The molecule has 22 aromatic rings. The predicted molar refractivity (Wildman–Crippen MR) is 437 cm³/mol. The zero-order chi connectivity index (χ0) is 66.7. The van der Waals surface area contributed by atoms with Gasteiger partial charge in [0.2, 0.25) is 0 Å². The molecule has 4 nitrogen and oxygen atoms in total. The van der Waals surface area contributed by atoms with E-state index in [0.29, 0.717) is 0 Å². The Morgan fingerprint density at radius 2 is 0.569 bits per heavy atom. The van der Waals surface area contributed by atoms with Crippen LogP contribution < -0.4 is 0 Å². The van der Waals surface area contributed by atoms with Crippen molar-refractivity contribution < 1.29 is 0 Å². The van der Waals surface area contributed by atoms with Crippen molar-refractivity contribution in [1.29, 1.82) is 0 Å². The Morgan fingerprint density at radius 1 is 0.186 bits per heavy atom. The van der Waals surface area contributed by atoms with Gasteiger partial charge in [-0.2, -0.15) is 0 Å². The maximum atomic E-state index is 2.52. The lowest BCUT2D eigenvalue weighted by molar-refractivity contribution is 1.18. The van der Waals surface area contributed by atoms with Crippen LogP contribution in [0.5, 0.6) is 0 Å². The Labute approximate surface area is 594 Å². The smallest absolute Gasteiger partial charge is 0.0641 e. The minimum absolute atomic E-state index is 1.13. The van der Waals surface area contributed by atoms with Crippen LogP contribution in [0.15, 0.2) is 352 Å². The normalized spacial score (nSPS) is 12.1. The number of aromatic nitrogens is 4. The molecule has 0 bridgehead atoms. The third kappa shape index (κ3) is 8.42. The average Bonchev–Trinajstić information content (AvgIpc) is 1.56. The molecule has 0 fully saturated rings. The predicted octanol–water partition coefficient (Wildman–Crippen LogP) is 27.1. The summed E-state index contributed by atoms with van der Waals surface area (Å²) in [6.45, 7) is 0. The highest BCUT2D eigenvalue weighted by Gasteiger charge is 2.26. The Balaban J connectivity index is 0.694. The summed E-state index contributed by atoms with van der Waals surface area (Å²) in [5.74, 6) is 0. The fraction of sp³-hybridized carbons (Fsp3) is 0. The molecule has 102 heavy (non-hydrogen) atoms. The lowest BCUT2D eigenvalue weighted by Gasteiger charge is -2.15. The third-order valence-corrected chi connectivity index (χ3v) is 24.0. The van der Waals surface area contributed by atoms with Crippen molar-refractivity contribution in [3.63, 3.8) is 0 Å². The summed E-state index contributed by atoms with van der Waals surface area (Å²) >= 11 is 3.78. The van der Waals surface area contributed by atoms with Gasteiger partial charge in [-0.1, -0.05) is 237 Å². The van der Waals surface area contributed by atoms with Crippen LogP contribution in [0.4, 0.5) is 0 Å². The van der Waals surface area contributed by atoms with Crippen LogP contribution in [0.1, 0.15) is 0 Å². The van der Waals surface area contributed by atoms with Gasteiger partial charge in [-0.3, -0.25) is 0 Å². The molecule has 0 aliphatic heterocycles. The van der Waals surface area contributed by atoms with Gasteiger partial charge in [0.25, 0.3) is 0 Å². The van der Waals surface area contributed by atoms with Crippen molar-refractivity contribution in [3.8, 4) is 78.4 Å². The Kier molecular flexibility index (Phi) is 12.5. The van der Waals surface area contributed by atoms with Gasteiger partial charge in [0.1, 0.15) is 0 Å². The van der Waals surface area contributed by atoms with Crippen LogP contribution in [-0.2, 0) is 0 Å². The van der Waals surface area contributed by atoms with E-state index in [1.165, 1.54) is 183 Å². The maximum absolute atomic E-state index is 2.52. The molecule has 6 heterocycles. The number of benzene rings is 16. The first-order valence-electron chi connectivity index (χ1n) is 35.0. The van der Waals surface area contributed by atoms with Gasteiger partial charge in [-0.25, -0.2) is 0 Å². The molecule has 6 heteroatoms. The van der Waals surface area contributed by atoms with Gasteiger partial charge in [0.05, 0.1) is 64.9 Å². The van der Waals surface area contributed by atoms with Gasteiger partial charge in [0, 0.05) is 91.0 Å². The summed E-state index contributed by atoms with van der Waals surface area (Å²) in [6, 6.07) is 131. The molecule has 0 amide bonds. The van der Waals surface area contributed by atoms with Gasteiger partial charge < -0.3 is 18.3 Å². The maximum Gasteiger partial charge on any atom is 0.0641 e. The topological polar surface area (TPSA) is 19.7 Å². The number of fused-ring (bicyclic) bond motifs is 18. The van der Waals surface area contributed by atoms with Crippen molar-refractivity contribution in [2.45, 2.75) is 0 Å². The summed E-state index contributed by atoms with van der Waals surface area (Å²) in [6.07, 6.45) is 0. The lowest BCUT2D eigenvalue weighted by atomic mass is 9.93. The van der Waals surface area contributed by atoms with E-state index in [2.05, 4.69) is 370 Å². The van der Waals surface area contributed by atoms with Gasteiger partial charge in [-0.15, -0.1) is 22.7 Å². The fourth-order valence-electron chi connectivity index (χ4n) is 17.2. The third-order valence-electron chi connectivity index (χ3n) is 21.6. The van der Waals surface area contributed by atoms with Crippen LogP contribution in [-0.4, -0.2) is 18.3 Å². The fourth-order valence-corrected chi connectivity index (χ4v) is 19.6. The highest BCUT2D eigenvalue weighted by atomic mass is 32.1. The molecule has 0 aliphatic rings. The highest BCUT2D eigenvalue weighted by Crippen LogP contribution is 2.50. The SMILES string of the molecule is c1ccc(-c2ccc(-n3c4ccccc4c4cc(-c5cc(-c6ccc(-c7ccc(-n8c9ccccc9c9cc(-c%10cccc%11c%10c%10ccccc%10n%11-c%10ccccc%10)ccc98)c8sc9ccccc9c78)cc6)cc6c7ccccc7n(-c7ccccc7)c56)ccc43)c3sc4ccccc4c23)cc1. The van der Waals surface area contributed by atoms with E-state index < -0.39 is 0 Å². The van der Waals surface area contributed by atoms with E-state index in [-0.39, 0.29) is 0 Å². The van der Waals surface area contributed by atoms with E-state index in [4.69, 9.17) is 0 Å². The lowest BCUT2D eigenvalue weighted by Crippen LogP contribution is -1.96. The summed E-state index contributed by atoms with van der Waals surface area (Å²) in [4.78, 5) is 0. The number of hydrogen-bond acceptors (Lipinski definition) is 2. The van der Waals surface area contributed by atoms with Gasteiger partial charge >= 0.3 is 0 Å². The van der Waals surface area contributed by atoms with Crippen LogP contribution in [0, 0.1) is 0 Å². The summed E-state index contributed by atoms with van der Waals surface area (Å²) in [5.41, 5.74) is 26.1. The van der Waals surface area contributed by atoms with E-state index in [1.54, 1.807) is 0 Å². The molecule has 0 unspecified atom stereocenters. The number of nitrogens with zero attached hydrogens (tertiary/aromatic N) is 4. The molecule has 22 rings (SSSR count). The first-order chi connectivity index (χ1) is 50.6. The molecule has 474 valence electrons. The van der Waals surface area contributed by atoms with E-state index in [0.717, 1.165) is 22.5 Å². The molecule has 0 spiro atoms. The first-order valence-corrected chi connectivity index (χ1v) is 36.6. The number of rotatable bonds is 9. The van der Waals surface area contributed by atoms with Crippen LogP contribution in [0.2, 0.25) is 0 Å². The molecule has 0 atom stereocenters. The van der Waals surface area contributed by atoms with Crippen LogP contribution in [0.25, 0.3) is 206 Å². The van der Waals surface area contributed by atoms with E-state index in [1.807, 2.05) is 22.7 Å². The largest absolute Gasteiger partial charge is 0.309 e.